The fourth-order valence-corrected chi connectivity index (χ4v) is 2.29. The molecule has 1 aromatic carbocycles. The van der Waals surface area contributed by atoms with Gasteiger partial charge in [0, 0.05) is 5.69 Å². The summed E-state index contributed by atoms with van der Waals surface area (Å²) in [4.78, 5) is 0. The molecule has 0 bridgehead atoms. The standard InChI is InChI=1S/C15H14F3N5/c1-10-7-11(2)22(20-10)8-13-9-23(21-19-13)14-5-3-12(4-6-14)15(16,17)18/h3-7,9H,8H2,1-2H3. The third-order valence-electron chi connectivity index (χ3n) is 3.42. The summed E-state index contributed by atoms with van der Waals surface area (Å²) >= 11 is 0. The average molecular weight is 321 g/mol. The molecular weight excluding hydrogens is 307 g/mol. The molecule has 0 aliphatic carbocycles. The number of benzene rings is 1. The molecule has 8 heteroatoms. The molecule has 0 aliphatic rings. The summed E-state index contributed by atoms with van der Waals surface area (Å²) in [5, 5.41) is 12.3. The Balaban J connectivity index is 1.80. The first kappa shape index (κ1) is 15.3. The minimum Gasteiger partial charge on any atom is -0.263 e. The Morgan fingerprint density at radius 2 is 1.78 bits per heavy atom. The van der Waals surface area contributed by atoms with Gasteiger partial charge in [-0.2, -0.15) is 18.3 Å². The topological polar surface area (TPSA) is 48.5 Å². The number of hydrogen-bond donors (Lipinski definition) is 0. The lowest BCUT2D eigenvalue weighted by Crippen LogP contribution is -2.05. The van der Waals surface area contributed by atoms with E-state index in [9.17, 15) is 13.2 Å². The molecule has 3 aromatic rings. The van der Waals surface area contributed by atoms with Crippen LogP contribution >= 0.6 is 0 Å². The molecule has 0 unspecified atom stereocenters. The van der Waals surface area contributed by atoms with Gasteiger partial charge in [-0.3, -0.25) is 4.68 Å². The Hall–Kier alpha value is -2.64. The molecule has 5 nitrogen and oxygen atoms in total. The summed E-state index contributed by atoms with van der Waals surface area (Å²) in [5.41, 5.74) is 2.43. The molecule has 0 amide bonds. The normalized spacial score (nSPS) is 11.9. The smallest absolute Gasteiger partial charge is 0.263 e. The molecule has 0 saturated carbocycles. The van der Waals surface area contributed by atoms with Gasteiger partial charge in [0.2, 0.25) is 0 Å². The predicted molar refractivity (Wildman–Crippen MR) is 77.2 cm³/mol. The molecule has 0 radical (unpaired) electrons. The molecule has 0 atom stereocenters. The maximum atomic E-state index is 12.6. The highest BCUT2D eigenvalue weighted by Gasteiger charge is 2.30. The highest BCUT2D eigenvalue weighted by Crippen LogP contribution is 2.29. The van der Waals surface area contributed by atoms with Crippen LogP contribution in [0, 0.1) is 13.8 Å². The molecule has 2 heterocycles. The van der Waals surface area contributed by atoms with Crippen molar-refractivity contribution in [2.75, 3.05) is 0 Å². The van der Waals surface area contributed by atoms with Gasteiger partial charge in [0.25, 0.3) is 0 Å². The largest absolute Gasteiger partial charge is 0.416 e. The minimum atomic E-state index is -4.35. The van der Waals surface area contributed by atoms with Crippen LogP contribution in [-0.4, -0.2) is 24.8 Å². The van der Waals surface area contributed by atoms with Gasteiger partial charge in [-0.15, -0.1) is 5.10 Å². The molecule has 0 fully saturated rings. The zero-order valence-corrected chi connectivity index (χ0v) is 12.5. The van der Waals surface area contributed by atoms with Crippen LogP contribution in [-0.2, 0) is 12.7 Å². The van der Waals surface area contributed by atoms with Crippen molar-refractivity contribution in [3.8, 4) is 5.69 Å². The van der Waals surface area contributed by atoms with Gasteiger partial charge in [0.1, 0.15) is 5.69 Å². The Kier molecular flexibility index (Phi) is 3.67. The quantitative estimate of drug-likeness (QED) is 0.744. The van der Waals surface area contributed by atoms with Crippen molar-refractivity contribution >= 4 is 0 Å². The highest BCUT2D eigenvalue weighted by atomic mass is 19.4. The maximum Gasteiger partial charge on any atom is 0.416 e. The van der Waals surface area contributed by atoms with E-state index in [0.717, 1.165) is 23.5 Å². The fraction of sp³-hybridized carbons (Fsp3) is 0.267. The zero-order valence-electron chi connectivity index (χ0n) is 12.5. The van der Waals surface area contributed by atoms with Crippen LogP contribution in [0.15, 0.2) is 36.5 Å². The van der Waals surface area contributed by atoms with Crippen molar-refractivity contribution in [2.24, 2.45) is 0 Å². The van der Waals surface area contributed by atoms with Gasteiger partial charge in [-0.25, -0.2) is 4.68 Å². The van der Waals surface area contributed by atoms with E-state index < -0.39 is 11.7 Å². The number of halogens is 3. The Morgan fingerprint density at radius 3 is 2.35 bits per heavy atom. The molecule has 3 rings (SSSR count). The van der Waals surface area contributed by atoms with Crippen LogP contribution in [0.1, 0.15) is 22.6 Å². The lowest BCUT2D eigenvalue weighted by molar-refractivity contribution is -0.137. The number of aryl methyl sites for hydroxylation is 2. The summed E-state index contributed by atoms with van der Waals surface area (Å²) < 4.78 is 40.9. The predicted octanol–water partition coefficient (Wildman–Crippen LogP) is 3.15. The van der Waals surface area contributed by atoms with Gasteiger partial charge in [0.15, 0.2) is 0 Å². The van der Waals surface area contributed by atoms with Crippen LogP contribution in [0.4, 0.5) is 13.2 Å². The minimum absolute atomic E-state index is 0.459. The summed E-state index contributed by atoms with van der Waals surface area (Å²) in [7, 11) is 0. The van der Waals surface area contributed by atoms with E-state index in [1.54, 1.807) is 10.9 Å². The Labute approximate surface area is 130 Å². The number of hydrogen-bond acceptors (Lipinski definition) is 3. The lowest BCUT2D eigenvalue weighted by atomic mass is 10.2. The molecule has 0 saturated heterocycles. The SMILES string of the molecule is Cc1cc(C)n(Cc2cn(-c3ccc(C(F)(F)F)cc3)nn2)n1. The van der Waals surface area contributed by atoms with E-state index in [1.165, 1.54) is 16.8 Å². The second kappa shape index (κ2) is 5.53. The van der Waals surface area contributed by atoms with Gasteiger partial charge in [-0.1, -0.05) is 5.21 Å². The van der Waals surface area contributed by atoms with Crippen LogP contribution < -0.4 is 0 Å². The summed E-state index contributed by atoms with van der Waals surface area (Å²) in [6.45, 7) is 4.31. The molecule has 120 valence electrons. The van der Waals surface area contributed by atoms with E-state index >= 15 is 0 Å². The zero-order chi connectivity index (χ0) is 16.6. The van der Waals surface area contributed by atoms with Gasteiger partial charge in [0.05, 0.1) is 29.7 Å². The van der Waals surface area contributed by atoms with Crippen molar-refractivity contribution in [1.82, 2.24) is 24.8 Å². The van der Waals surface area contributed by atoms with Crippen molar-refractivity contribution in [3.63, 3.8) is 0 Å². The maximum absolute atomic E-state index is 12.6. The summed E-state index contributed by atoms with van der Waals surface area (Å²) in [6, 6.07) is 6.74. The van der Waals surface area contributed by atoms with Crippen LogP contribution in [0.3, 0.4) is 0 Å². The summed E-state index contributed by atoms with van der Waals surface area (Å²) in [6.07, 6.45) is -2.67. The lowest BCUT2D eigenvalue weighted by Gasteiger charge is -2.07. The van der Waals surface area contributed by atoms with E-state index in [-0.39, 0.29) is 0 Å². The average Bonchev–Trinajstić information content (AvgIpc) is 3.06. The third-order valence-corrected chi connectivity index (χ3v) is 3.42. The Morgan fingerprint density at radius 1 is 1.09 bits per heavy atom. The van der Waals surface area contributed by atoms with E-state index in [0.29, 0.717) is 17.9 Å². The number of nitrogens with zero attached hydrogens (tertiary/aromatic N) is 5. The first-order valence-electron chi connectivity index (χ1n) is 6.93. The van der Waals surface area contributed by atoms with Gasteiger partial charge >= 0.3 is 6.18 Å². The molecule has 0 spiro atoms. The molecule has 23 heavy (non-hydrogen) atoms. The Bertz CT molecular complexity index is 815. The van der Waals surface area contributed by atoms with Crippen molar-refractivity contribution in [3.05, 3.63) is 59.2 Å². The second-order valence-electron chi connectivity index (χ2n) is 5.28. The number of aromatic nitrogens is 5. The fourth-order valence-electron chi connectivity index (χ4n) is 2.29. The number of alkyl halides is 3. The first-order valence-corrected chi connectivity index (χ1v) is 6.93. The van der Waals surface area contributed by atoms with Gasteiger partial charge in [-0.05, 0) is 44.2 Å². The monoisotopic (exact) mass is 321 g/mol. The molecule has 0 aliphatic heterocycles. The van der Waals surface area contributed by atoms with Crippen molar-refractivity contribution < 1.29 is 13.2 Å². The first-order chi connectivity index (χ1) is 10.8. The van der Waals surface area contributed by atoms with Crippen molar-refractivity contribution in [2.45, 2.75) is 26.6 Å². The van der Waals surface area contributed by atoms with Crippen LogP contribution in [0.2, 0.25) is 0 Å². The van der Waals surface area contributed by atoms with Crippen molar-refractivity contribution in [1.29, 1.82) is 0 Å². The molecule has 2 aromatic heterocycles. The molecular formula is C15H14F3N5. The second-order valence-corrected chi connectivity index (χ2v) is 5.28. The number of rotatable bonds is 3. The van der Waals surface area contributed by atoms with Crippen LogP contribution in [0.25, 0.3) is 5.69 Å². The third kappa shape index (κ3) is 3.25. The summed E-state index contributed by atoms with van der Waals surface area (Å²) in [5.74, 6) is 0. The highest BCUT2D eigenvalue weighted by molar-refractivity contribution is 5.34. The van der Waals surface area contributed by atoms with E-state index in [4.69, 9.17) is 0 Å². The molecule has 0 N–H and O–H groups in total. The van der Waals surface area contributed by atoms with Crippen LogP contribution in [0.5, 0.6) is 0 Å². The van der Waals surface area contributed by atoms with E-state index in [1.807, 2.05) is 19.9 Å². The van der Waals surface area contributed by atoms with Gasteiger partial charge < -0.3 is 0 Å². The van der Waals surface area contributed by atoms with E-state index in [2.05, 4.69) is 15.4 Å².